The summed E-state index contributed by atoms with van der Waals surface area (Å²) in [6, 6.07) is 12.6. The molecular formula is C25H25ClN2O4S. The van der Waals surface area contributed by atoms with Crippen LogP contribution in [0, 0.1) is 5.92 Å². The van der Waals surface area contributed by atoms with Gasteiger partial charge in [0.05, 0.1) is 10.6 Å². The molecule has 6 nitrogen and oxygen atoms in total. The number of anilines is 1. The second-order valence-corrected chi connectivity index (χ2v) is 11.7. The number of ether oxygens (including phenoxy) is 1. The van der Waals surface area contributed by atoms with Crippen LogP contribution in [-0.4, -0.2) is 37.9 Å². The highest BCUT2D eigenvalue weighted by Gasteiger charge is 2.52. The summed E-state index contributed by atoms with van der Waals surface area (Å²) in [5.41, 5.74) is 5.99. The Kier molecular flexibility index (Phi) is 4.87. The van der Waals surface area contributed by atoms with E-state index in [2.05, 4.69) is 6.92 Å². The molecular weight excluding hydrogens is 460 g/mol. The minimum atomic E-state index is -3.58. The fraction of sp³-hybridized carbons (Fsp3) is 0.400. The number of sulfonamides is 1. The second kappa shape index (κ2) is 7.58. The number of hydrogen-bond donors (Lipinski definition) is 0. The molecule has 0 radical (unpaired) electrons. The first-order valence-corrected chi connectivity index (χ1v) is 13.2. The number of allylic oxidation sites excluding steroid dienone is 2. The Labute approximate surface area is 198 Å². The Bertz CT molecular complexity index is 1280. The summed E-state index contributed by atoms with van der Waals surface area (Å²) >= 11 is 6.09. The average Bonchev–Trinajstić information content (AvgIpc) is 3.72. The fourth-order valence-corrected chi connectivity index (χ4v) is 7.00. The molecule has 2 unspecified atom stereocenters. The second-order valence-electron chi connectivity index (χ2n) is 9.36. The normalized spacial score (nSPS) is 23.6. The molecule has 0 aromatic heterocycles. The standard InChI is InChI=1S/C25H25ClN2O4S/c1-15(24-21-13-22(21)24)16-2-5-20(6-3-16)33(30,31)27-10-8-19(9-11-27)28-23-7-4-18(26)12-17(23)14-32-25(28)29/h2-7,12,15,19,21H,8-11,13-14H2,1H3. The zero-order chi connectivity index (χ0) is 22.9. The third-order valence-electron chi connectivity index (χ3n) is 7.47. The van der Waals surface area contributed by atoms with Gasteiger partial charge in [-0.15, -0.1) is 0 Å². The van der Waals surface area contributed by atoms with Gasteiger partial charge in [0, 0.05) is 41.6 Å². The first kappa shape index (κ1) is 21.2. The molecule has 2 heterocycles. The van der Waals surface area contributed by atoms with E-state index in [9.17, 15) is 13.2 Å². The maximum Gasteiger partial charge on any atom is 0.414 e. The van der Waals surface area contributed by atoms with Crippen molar-refractivity contribution in [1.29, 1.82) is 0 Å². The van der Waals surface area contributed by atoms with Gasteiger partial charge in [-0.1, -0.05) is 41.8 Å². The van der Waals surface area contributed by atoms with Crippen molar-refractivity contribution in [3.05, 3.63) is 69.8 Å². The number of amides is 1. The molecule has 2 aliphatic heterocycles. The Hall–Kier alpha value is -2.35. The number of rotatable bonds is 5. The lowest BCUT2D eigenvalue weighted by atomic mass is 9.95. The van der Waals surface area contributed by atoms with Crippen molar-refractivity contribution in [3.63, 3.8) is 0 Å². The van der Waals surface area contributed by atoms with Gasteiger partial charge in [0.15, 0.2) is 0 Å². The van der Waals surface area contributed by atoms with Gasteiger partial charge in [-0.25, -0.2) is 13.2 Å². The molecule has 33 heavy (non-hydrogen) atoms. The summed E-state index contributed by atoms with van der Waals surface area (Å²) in [6.45, 7) is 3.11. The molecule has 2 aliphatic carbocycles. The van der Waals surface area contributed by atoms with Crippen LogP contribution in [0.15, 0.2) is 58.5 Å². The zero-order valence-corrected chi connectivity index (χ0v) is 19.9. The van der Waals surface area contributed by atoms with E-state index >= 15 is 0 Å². The maximum absolute atomic E-state index is 13.3. The van der Waals surface area contributed by atoms with E-state index in [-0.39, 0.29) is 18.7 Å². The fourth-order valence-electron chi connectivity index (χ4n) is 5.33. The van der Waals surface area contributed by atoms with Gasteiger partial charge in [0.2, 0.25) is 10.0 Å². The number of fused-ring (bicyclic) bond motifs is 2. The highest BCUT2D eigenvalue weighted by atomic mass is 35.5. The summed E-state index contributed by atoms with van der Waals surface area (Å²) < 4.78 is 33.4. The van der Waals surface area contributed by atoms with Crippen molar-refractivity contribution < 1.29 is 17.9 Å². The van der Waals surface area contributed by atoms with Crippen LogP contribution in [0.3, 0.4) is 0 Å². The molecule has 0 bridgehead atoms. The predicted molar refractivity (Wildman–Crippen MR) is 126 cm³/mol. The van der Waals surface area contributed by atoms with Crippen LogP contribution in [0.5, 0.6) is 0 Å². The third kappa shape index (κ3) is 3.57. The molecule has 1 amide bonds. The number of carbonyl (C=O) groups is 1. The number of nitrogens with zero attached hydrogens (tertiary/aromatic N) is 2. The predicted octanol–water partition coefficient (Wildman–Crippen LogP) is 5.08. The Balaban J connectivity index is 1.15. The molecule has 2 aromatic carbocycles. The number of halogens is 1. The quantitative estimate of drug-likeness (QED) is 0.555. The third-order valence-corrected chi connectivity index (χ3v) is 9.62. The van der Waals surface area contributed by atoms with Gasteiger partial charge in [-0.2, -0.15) is 4.31 Å². The van der Waals surface area contributed by atoms with Gasteiger partial charge in [0.25, 0.3) is 0 Å². The smallest absolute Gasteiger partial charge is 0.414 e. The van der Waals surface area contributed by atoms with E-state index in [1.54, 1.807) is 34.2 Å². The van der Waals surface area contributed by atoms with Crippen LogP contribution in [0.1, 0.15) is 43.2 Å². The summed E-state index contributed by atoms with van der Waals surface area (Å²) in [6.07, 6.45) is 1.96. The number of benzene rings is 2. The van der Waals surface area contributed by atoms with E-state index in [4.69, 9.17) is 16.3 Å². The van der Waals surface area contributed by atoms with Crippen LogP contribution in [0.4, 0.5) is 10.5 Å². The average molecular weight is 485 g/mol. The van der Waals surface area contributed by atoms with E-state index in [1.807, 2.05) is 24.3 Å². The van der Waals surface area contributed by atoms with Gasteiger partial charge < -0.3 is 4.74 Å². The number of hydrogen-bond acceptors (Lipinski definition) is 4. The van der Waals surface area contributed by atoms with Gasteiger partial charge in [-0.05, 0) is 55.2 Å². The number of piperidine rings is 1. The van der Waals surface area contributed by atoms with Gasteiger partial charge in [-0.3, -0.25) is 4.90 Å². The topological polar surface area (TPSA) is 66.9 Å². The first-order valence-electron chi connectivity index (χ1n) is 11.4. The molecule has 1 saturated carbocycles. The van der Waals surface area contributed by atoms with Gasteiger partial charge in [0.1, 0.15) is 6.61 Å². The Morgan fingerprint density at radius 2 is 1.79 bits per heavy atom. The highest BCUT2D eigenvalue weighted by Crippen LogP contribution is 2.66. The lowest BCUT2D eigenvalue weighted by Crippen LogP contribution is -2.50. The van der Waals surface area contributed by atoms with E-state index < -0.39 is 10.0 Å². The summed E-state index contributed by atoms with van der Waals surface area (Å²) in [5.74, 6) is 1.14. The van der Waals surface area contributed by atoms with Crippen molar-refractivity contribution in [2.24, 2.45) is 5.92 Å². The molecule has 1 saturated heterocycles. The minimum Gasteiger partial charge on any atom is -0.444 e. The first-order chi connectivity index (χ1) is 15.8. The van der Waals surface area contributed by atoms with Crippen molar-refractivity contribution >= 4 is 33.4 Å². The molecule has 172 valence electrons. The molecule has 2 fully saturated rings. The molecule has 8 heteroatoms. The zero-order valence-electron chi connectivity index (χ0n) is 18.3. The summed E-state index contributed by atoms with van der Waals surface area (Å²) in [7, 11) is -3.58. The minimum absolute atomic E-state index is 0.119. The van der Waals surface area contributed by atoms with Crippen molar-refractivity contribution in [2.45, 2.75) is 49.6 Å². The Morgan fingerprint density at radius 3 is 2.42 bits per heavy atom. The lowest BCUT2D eigenvalue weighted by molar-refractivity contribution is 0.136. The molecule has 6 rings (SSSR count). The van der Waals surface area contributed by atoms with Crippen LogP contribution in [-0.2, 0) is 21.4 Å². The monoisotopic (exact) mass is 484 g/mol. The van der Waals surface area contributed by atoms with E-state index in [0.29, 0.717) is 41.8 Å². The van der Waals surface area contributed by atoms with Gasteiger partial charge >= 0.3 is 6.09 Å². The number of cyclic esters (lactones) is 1. The summed E-state index contributed by atoms with van der Waals surface area (Å²) in [5, 5.41) is 0.597. The SMILES string of the molecule is CC(C1=C2CC21)c1ccc(S(=O)(=O)N2CCC(N3C(=O)OCc4cc(Cl)ccc43)CC2)cc1. The molecule has 4 aliphatic rings. The lowest BCUT2D eigenvalue weighted by Gasteiger charge is -2.39. The van der Waals surface area contributed by atoms with Crippen LogP contribution >= 0.6 is 11.6 Å². The largest absolute Gasteiger partial charge is 0.444 e. The van der Waals surface area contributed by atoms with E-state index in [0.717, 1.165) is 17.2 Å². The summed E-state index contributed by atoms with van der Waals surface area (Å²) in [4.78, 5) is 14.5. The van der Waals surface area contributed by atoms with E-state index in [1.165, 1.54) is 16.3 Å². The highest BCUT2D eigenvalue weighted by molar-refractivity contribution is 7.89. The molecule has 0 spiro atoms. The number of carbonyl (C=O) groups excluding carboxylic acids is 1. The van der Waals surface area contributed by atoms with Crippen LogP contribution in [0.25, 0.3) is 0 Å². The van der Waals surface area contributed by atoms with Crippen LogP contribution in [0.2, 0.25) is 5.02 Å². The maximum atomic E-state index is 13.3. The van der Waals surface area contributed by atoms with Crippen molar-refractivity contribution in [3.8, 4) is 0 Å². The van der Waals surface area contributed by atoms with Crippen molar-refractivity contribution in [1.82, 2.24) is 4.31 Å². The molecule has 0 N–H and O–H groups in total. The van der Waals surface area contributed by atoms with Crippen LogP contribution < -0.4 is 4.90 Å². The molecule has 2 atom stereocenters. The van der Waals surface area contributed by atoms with Crippen molar-refractivity contribution in [2.75, 3.05) is 18.0 Å². The molecule has 2 aromatic rings. The Morgan fingerprint density at radius 1 is 1.09 bits per heavy atom.